The fourth-order valence-corrected chi connectivity index (χ4v) is 4.43. The lowest BCUT2D eigenvalue weighted by Gasteiger charge is -2.30. The molecule has 1 aliphatic rings. The minimum Gasteiger partial charge on any atom is -0.497 e. The summed E-state index contributed by atoms with van der Waals surface area (Å²) < 4.78 is 5.22. The highest BCUT2D eigenvalue weighted by molar-refractivity contribution is 7.10. The van der Waals surface area contributed by atoms with Gasteiger partial charge < -0.3 is 15.0 Å². The van der Waals surface area contributed by atoms with Crippen LogP contribution in [0.1, 0.15) is 26.8 Å². The third-order valence-corrected chi connectivity index (χ3v) is 5.93. The van der Waals surface area contributed by atoms with Gasteiger partial charge in [-0.15, -0.1) is 11.3 Å². The summed E-state index contributed by atoms with van der Waals surface area (Å²) in [4.78, 5) is 16.3. The van der Waals surface area contributed by atoms with Crippen molar-refractivity contribution in [1.29, 1.82) is 0 Å². The molecule has 4 rings (SSSR count). The average Bonchev–Trinajstić information content (AvgIpc) is 3.39. The van der Waals surface area contributed by atoms with Crippen LogP contribution in [0.5, 0.6) is 5.75 Å². The highest BCUT2D eigenvalue weighted by Crippen LogP contribution is 2.36. The summed E-state index contributed by atoms with van der Waals surface area (Å²) >= 11 is 1.73. The molecule has 2 aromatic carbocycles. The SMILES string of the molecule is COc1cccc(C(=O)NC[C@@H](c2cccs2)N2CCc3ccccc32)c1. The number of hydrogen-bond acceptors (Lipinski definition) is 4. The van der Waals surface area contributed by atoms with Crippen LogP contribution in [0.4, 0.5) is 5.69 Å². The van der Waals surface area contributed by atoms with Crippen molar-refractivity contribution in [3.8, 4) is 5.75 Å². The number of hydrogen-bond donors (Lipinski definition) is 1. The molecule has 0 bridgehead atoms. The minimum absolute atomic E-state index is 0.0806. The molecular formula is C22H22N2O2S. The highest BCUT2D eigenvalue weighted by Gasteiger charge is 2.28. The molecule has 5 heteroatoms. The molecule has 1 atom stereocenters. The Morgan fingerprint density at radius 2 is 2.07 bits per heavy atom. The Morgan fingerprint density at radius 1 is 1.19 bits per heavy atom. The first-order valence-electron chi connectivity index (χ1n) is 9.06. The predicted molar refractivity (Wildman–Crippen MR) is 110 cm³/mol. The molecule has 2 heterocycles. The van der Waals surface area contributed by atoms with Gasteiger partial charge in [-0.2, -0.15) is 0 Å². The molecule has 0 radical (unpaired) electrons. The first kappa shape index (κ1) is 17.6. The maximum Gasteiger partial charge on any atom is 0.251 e. The van der Waals surface area contributed by atoms with Gasteiger partial charge in [0.25, 0.3) is 5.91 Å². The summed E-state index contributed by atoms with van der Waals surface area (Å²) in [6, 6.07) is 20.1. The van der Waals surface area contributed by atoms with E-state index in [0.717, 1.165) is 13.0 Å². The second kappa shape index (κ2) is 7.84. The van der Waals surface area contributed by atoms with Crippen molar-refractivity contribution in [2.75, 3.05) is 25.1 Å². The molecule has 0 spiro atoms. The number of benzene rings is 2. The van der Waals surface area contributed by atoms with Gasteiger partial charge in [-0.25, -0.2) is 0 Å². The number of amides is 1. The lowest BCUT2D eigenvalue weighted by atomic mass is 10.1. The topological polar surface area (TPSA) is 41.6 Å². The summed E-state index contributed by atoms with van der Waals surface area (Å²) in [5.74, 6) is 0.605. The van der Waals surface area contributed by atoms with Crippen LogP contribution in [0.15, 0.2) is 66.0 Å². The van der Waals surface area contributed by atoms with E-state index in [0.29, 0.717) is 17.9 Å². The zero-order valence-corrected chi connectivity index (χ0v) is 16.0. The van der Waals surface area contributed by atoms with Crippen molar-refractivity contribution in [2.24, 2.45) is 0 Å². The van der Waals surface area contributed by atoms with Crippen LogP contribution in [0.3, 0.4) is 0 Å². The Morgan fingerprint density at radius 3 is 2.89 bits per heavy atom. The smallest absolute Gasteiger partial charge is 0.251 e. The molecular weight excluding hydrogens is 356 g/mol. The second-order valence-corrected chi connectivity index (χ2v) is 7.52. The Labute approximate surface area is 163 Å². The number of carbonyl (C=O) groups excluding carboxylic acids is 1. The summed E-state index contributed by atoms with van der Waals surface area (Å²) in [5.41, 5.74) is 3.26. The zero-order valence-electron chi connectivity index (χ0n) is 15.2. The van der Waals surface area contributed by atoms with Gasteiger partial charge in [0.1, 0.15) is 5.75 Å². The van der Waals surface area contributed by atoms with E-state index in [2.05, 4.69) is 52.0 Å². The molecule has 0 saturated heterocycles. The van der Waals surface area contributed by atoms with Crippen LogP contribution >= 0.6 is 11.3 Å². The van der Waals surface area contributed by atoms with E-state index in [1.54, 1.807) is 24.5 Å². The van der Waals surface area contributed by atoms with Crippen LogP contribution < -0.4 is 15.0 Å². The van der Waals surface area contributed by atoms with E-state index >= 15 is 0 Å². The molecule has 1 aromatic heterocycles. The molecule has 0 aliphatic carbocycles. The molecule has 138 valence electrons. The number of nitrogens with zero attached hydrogens (tertiary/aromatic N) is 1. The Balaban J connectivity index is 1.54. The second-order valence-electron chi connectivity index (χ2n) is 6.55. The number of nitrogens with one attached hydrogen (secondary N) is 1. The third-order valence-electron chi connectivity index (χ3n) is 4.96. The van der Waals surface area contributed by atoms with Crippen LogP contribution in [-0.4, -0.2) is 26.1 Å². The van der Waals surface area contributed by atoms with Crippen LogP contribution in [0.25, 0.3) is 0 Å². The minimum atomic E-state index is -0.0806. The summed E-state index contributed by atoms with van der Waals surface area (Å²) in [5, 5.41) is 5.21. The van der Waals surface area contributed by atoms with Crippen molar-refractivity contribution in [1.82, 2.24) is 5.32 Å². The van der Waals surface area contributed by atoms with Crippen molar-refractivity contribution in [3.63, 3.8) is 0 Å². The van der Waals surface area contributed by atoms with Crippen LogP contribution in [0, 0.1) is 0 Å². The van der Waals surface area contributed by atoms with Gasteiger partial charge in [0, 0.05) is 29.2 Å². The van der Waals surface area contributed by atoms with Gasteiger partial charge in [-0.3, -0.25) is 4.79 Å². The zero-order chi connectivity index (χ0) is 18.6. The number of ether oxygens (including phenoxy) is 1. The van der Waals surface area contributed by atoms with Crippen LogP contribution in [-0.2, 0) is 6.42 Å². The molecule has 27 heavy (non-hydrogen) atoms. The third kappa shape index (κ3) is 3.69. The van der Waals surface area contributed by atoms with Crippen LogP contribution in [0.2, 0.25) is 0 Å². The van der Waals surface area contributed by atoms with Crippen molar-refractivity contribution in [3.05, 3.63) is 82.0 Å². The van der Waals surface area contributed by atoms with E-state index in [1.165, 1.54) is 16.1 Å². The summed E-state index contributed by atoms with van der Waals surface area (Å²) in [6.45, 7) is 1.53. The average molecular weight is 378 g/mol. The fourth-order valence-electron chi connectivity index (χ4n) is 3.59. The number of anilines is 1. The van der Waals surface area contributed by atoms with Crippen molar-refractivity contribution in [2.45, 2.75) is 12.5 Å². The molecule has 1 N–H and O–H groups in total. The normalized spacial score (nSPS) is 13.9. The number of para-hydroxylation sites is 1. The van der Waals surface area contributed by atoms with E-state index < -0.39 is 0 Å². The summed E-state index contributed by atoms with van der Waals surface area (Å²) in [7, 11) is 1.61. The Hall–Kier alpha value is -2.79. The van der Waals surface area contributed by atoms with E-state index in [9.17, 15) is 4.79 Å². The largest absolute Gasteiger partial charge is 0.497 e. The van der Waals surface area contributed by atoms with Gasteiger partial charge in [-0.1, -0.05) is 30.3 Å². The number of rotatable bonds is 6. The molecule has 4 nitrogen and oxygen atoms in total. The van der Waals surface area contributed by atoms with Gasteiger partial charge in [0.2, 0.25) is 0 Å². The maximum atomic E-state index is 12.7. The molecule has 0 saturated carbocycles. The monoisotopic (exact) mass is 378 g/mol. The lowest BCUT2D eigenvalue weighted by Crippen LogP contribution is -2.37. The van der Waals surface area contributed by atoms with Gasteiger partial charge in [0.15, 0.2) is 0 Å². The fraction of sp³-hybridized carbons (Fsp3) is 0.227. The maximum absolute atomic E-state index is 12.7. The van der Waals surface area contributed by atoms with E-state index in [4.69, 9.17) is 4.74 Å². The predicted octanol–water partition coefficient (Wildman–Crippen LogP) is 4.29. The Bertz CT molecular complexity index is 924. The quantitative estimate of drug-likeness (QED) is 0.696. The molecule has 3 aromatic rings. The van der Waals surface area contributed by atoms with Gasteiger partial charge in [0.05, 0.1) is 13.2 Å². The standard InChI is InChI=1S/C22H22N2O2S/c1-26-18-8-4-7-17(14-18)22(25)23-15-20(21-10-5-13-27-21)24-12-11-16-6-2-3-9-19(16)24/h2-10,13-14,20H,11-12,15H2,1H3,(H,23,25)/t20-/m0/s1. The van der Waals surface area contributed by atoms with Crippen molar-refractivity contribution >= 4 is 22.9 Å². The molecule has 0 fully saturated rings. The highest BCUT2D eigenvalue weighted by atomic mass is 32.1. The van der Waals surface area contributed by atoms with Gasteiger partial charge in [-0.05, 0) is 47.7 Å². The number of carbonyl (C=O) groups is 1. The number of fused-ring (bicyclic) bond motifs is 1. The van der Waals surface area contributed by atoms with Crippen molar-refractivity contribution < 1.29 is 9.53 Å². The lowest BCUT2D eigenvalue weighted by molar-refractivity contribution is 0.0950. The first-order valence-corrected chi connectivity index (χ1v) is 9.94. The first-order chi connectivity index (χ1) is 13.3. The summed E-state index contributed by atoms with van der Waals surface area (Å²) in [6.07, 6.45) is 1.04. The van der Waals surface area contributed by atoms with E-state index in [-0.39, 0.29) is 11.9 Å². The van der Waals surface area contributed by atoms with Gasteiger partial charge >= 0.3 is 0 Å². The number of methoxy groups -OCH3 is 1. The Kier molecular flexibility index (Phi) is 5.12. The molecule has 1 amide bonds. The van der Waals surface area contributed by atoms with E-state index in [1.807, 2.05) is 18.2 Å². The molecule has 0 unspecified atom stereocenters. The number of thiophene rings is 1. The molecule has 1 aliphatic heterocycles.